The van der Waals surface area contributed by atoms with E-state index in [1.807, 2.05) is 54.6 Å². The lowest BCUT2D eigenvalue weighted by Gasteiger charge is -2.05. The predicted octanol–water partition coefficient (Wildman–Crippen LogP) is 2.27. The number of anilines is 2. The molecule has 88 valence electrons. The van der Waals surface area contributed by atoms with Gasteiger partial charge in [-0.15, -0.1) is 0 Å². The zero-order chi connectivity index (χ0) is 12.8. The second kappa shape index (κ2) is 5.55. The minimum atomic E-state index is -0.624. The van der Waals surface area contributed by atoms with Crippen molar-refractivity contribution in [1.29, 1.82) is 0 Å². The van der Waals surface area contributed by atoms with Crippen LogP contribution in [-0.2, 0) is 4.79 Å². The molecule has 0 aromatic heterocycles. The molecule has 0 atom stereocenters. The van der Waals surface area contributed by atoms with E-state index in [1.54, 1.807) is 0 Å². The third kappa shape index (κ3) is 3.39. The van der Waals surface area contributed by atoms with Crippen LogP contribution in [0.5, 0.6) is 0 Å². The van der Waals surface area contributed by atoms with Gasteiger partial charge in [0.2, 0.25) is 0 Å². The van der Waals surface area contributed by atoms with Crippen LogP contribution >= 0.6 is 0 Å². The number of carbonyl (C=O) groups is 1. The molecule has 3 nitrogen and oxygen atoms in total. The Labute approximate surface area is 106 Å². The third-order valence-electron chi connectivity index (χ3n) is 2.28. The Balaban J connectivity index is 2.09. The molecule has 0 radical (unpaired) electrons. The summed E-state index contributed by atoms with van der Waals surface area (Å²) in [6.07, 6.45) is 0. The monoisotopic (exact) mass is 236 g/mol. The first kappa shape index (κ1) is 11.7. The van der Waals surface area contributed by atoms with Crippen LogP contribution in [0.1, 0.15) is 5.56 Å². The van der Waals surface area contributed by atoms with Gasteiger partial charge in [0.25, 0.3) is 5.91 Å². The van der Waals surface area contributed by atoms with Crippen LogP contribution in [0.2, 0.25) is 0 Å². The fourth-order valence-electron chi connectivity index (χ4n) is 1.46. The van der Waals surface area contributed by atoms with Gasteiger partial charge in [-0.1, -0.05) is 24.1 Å². The summed E-state index contributed by atoms with van der Waals surface area (Å²) in [5, 5.41) is 3.26. The van der Waals surface area contributed by atoms with Crippen molar-refractivity contribution in [1.82, 2.24) is 0 Å². The van der Waals surface area contributed by atoms with Crippen molar-refractivity contribution in [3.63, 3.8) is 0 Å². The maximum Gasteiger partial charge on any atom is 0.293 e. The van der Waals surface area contributed by atoms with E-state index in [2.05, 4.69) is 17.2 Å². The second-order valence-corrected chi connectivity index (χ2v) is 3.68. The van der Waals surface area contributed by atoms with Gasteiger partial charge in [0.05, 0.1) is 0 Å². The number of carbonyl (C=O) groups excluding carboxylic acids is 1. The van der Waals surface area contributed by atoms with Gasteiger partial charge >= 0.3 is 0 Å². The van der Waals surface area contributed by atoms with E-state index in [0.29, 0.717) is 0 Å². The SMILES string of the molecule is NC(=O)C#Cc1ccc(Nc2ccccc2)cc1. The number of para-hydroxylation sites is 1. The summed E-state index contributed by atoms with van der Waals surface area (Å²) in [5.74, 6) is 4.36. The first-order valence-corrected chi connectivity index (χ1v) is 5.47. The van der Waals surface area contributed by atoms with Crippen LogP contribution in [0.4, 0.5) is 11.4 Å². The van der Waals surface area contributed by atoms with E-state index in [4.69, 9.17) is 5.73 Å². The van der Waals surface area contributed by atoms with E-state index >= 15 is 0 Å². The molecule has 0 saturated carbocycles. The topological polar surface area (TPSA) is 55.1 Å². The summed E-state index contributed by atoms with van der Waals surface area (Å²) >= 11 is 0. The summed E-state index contributed by atoms with van der Waals surface area (Å²) in [6.45, 7) is 0. The molecule has 2 aromatic rings. The van der Waals surface area contributed by atoms with Gasteiger partial charge in [0.1, 0.15) is 0 Å². The molecule has 3 heteroatoms. The fourth-order valence-corrected chi connectivity index (χ4v) is 1.46. The highest BCUT2D eigenvalue weighted by Crippen LogP contribution is 2.16. The van der Waals surface area contributed by atoms with Crippen LogP contribution in [0, 0.1) is 11.8 Å². The molecule has 0 bridgehead atoms. The summed E-state index contributed by atoms with van der Waals surface area (Å²) in [4.78, 5) is 10.5. The Bertz CT molecular complexity index is 592. The first-order valence-electron chi connectivity index (χ1n) is 5.47. The quantitative estimate of drug-likeness (QED) is 0.786. The Morgan fingerprint density at radius 1 is 0.944 bits per heavy atom. The van der Waals surface area contributed by atoms with Gasteiger partial charge in [0.15, 0.2) is 0 Å². The summed E-state index contributed by atoms with van der Waals surface area (Å²) in [5.41, 5.74) is 7.69. The fraction of sp³-hybridized carbons (Fsp3) is 0. The lowest BCUT2D eigenvalue weighted by atomic mass is 10.2. The Hall–Kier alpha value is -2.73. The third-order valence-corrected chi connectivity index (χ3v) is 2.28. The van der Waals surface area contributed by atoms with Crippen molar-refractivity contribution in [3.05, 3.63) is 60.2 Å². The van der Waals surface area contributed by atoms with Crippen LogP contribution in [0.3, 0.4) is 0 Å². The van der Waals surface area contributed by atoms with E-state index < -0.39 is 5.91 Å². The maximum absolute atomic E-state index is 10.5. The molecule has 3 N–H and O–H groups in total. The van der Waals surface area contributed by atoms with Crippen LogP contribution < -0.4 is 11.1 Å². The Kier molecular flexibility index (Phi) is 3.62. The van der Waals surface area contributed by atoms with Crippen LogP contribution in [-0.4, -0.2) is 5.91 Å². The minimum Gasteiger partial charge on any atom is -0.359 e. The van der Waals surface area contributed by atoms with Gasteiger partial charge < -0.3 is 11.1 Å². The van der Waals surface area contributed by atoms with Gasteiger partial charge in [-0.2, -0.15) is 0 Å². The number of rotatable bonds is 2. The number of hydrogen-bond acceptors (Lipinski definition) is 2. The molecule has 0 aliphatic carbocycles. The number of amides is 1. The van der Waals surface area contributed by atoms with Gasteiger partial charge in [0, 0.05) is 16.9 Å². The van der Waals surface area contributed by atoms with Crippen molar-refractivity contribution in [2.24, 2.45) is 5.73 Å². The largest absolute Gasteiger partial charge is 0.359 e. The maximum atomic E-state index is 10.5. The molecular formula is C15H12N2O. The zero-order valence-electron chi connectivity index (χ0n) is 9.68. The summed E-state index contributed by atoms with van der Waals surface area (Å²) in [7, 11) is 0. The van der Waals surface area contributed by atoms with Crippen molar-refractivity contribution in [2.45, 2.75) is 0 Å². The molecule has 1 amide bonds. The molecule has 0 spiro atoms. The summed E-state index contributed by atoms with van der Waals surface area (Å²) < 4.78 is 0. The van der Waals surface area contributed by atoms with Crippen molar-refractivity contribution < 1.29 is 4.79 Å². The molecule has 0 saturated heterocycles. The lowest BCUT2D eigenvalue weighted by Crippen LogP contribution is -2.06. The first-order chi connectivity index (χ1) is 8.74. The van der Waals surface area contributed by atoms with Gasteiger partial charge in [-0.25, -0.2) is 0 Å². The van der Waals surface area contributed by atoms with Crippen molar-refractivity contribution in [3.8, 4) is 11.8 Å². The number of primary amides is 1. The van der Waals surface area contributed by atoms with E-state index in [-0.39, 0.29) is 0 Å². The Morgan fingerprint density at radius 2 is 1.56 bits per heavy atom. The van der Waals surface area contributed by atoms with Crippen molar-refractivity contribution >= 4 is 17.3 Å². The molecule has 0 aliphatic heterocycles. The van der Waals surface area contributed by atoms with Gasteiger partial charge in [-0.05, 0) is 42.3 Å². The zero-order valence-corrected chi connectivity index (χ0v) is 9.68. The van der Waals surface area contributed by atoms with Crippen molar-refractivity contribution in [2.75, 3.05) is 5.32 Å². The normalized spacial score (nSPS) is 9.11. The van der Waals surface area contributed by atoms with Gasteiger partial charge in [-0.3, -0.25) is 4.79 Å². The molecule has 0 heterocycles. The van der Waals surface area contributed by atoms with Crippen LogP contribution in [0.15, 0.2) is 54.6 Å². The standard InChI is InChI=1S/C15H12N2O/c16-15(18)11-8-12-6-9-14(10-7-12)17-13-4-2-1-3-5-13/h1-7,9-10,17H,(H2,16,18). The number of benzene rings is 2. The molecule has 2 aromatic carbocycles. The summed E-state index contributed by atoms with van der Waals surface area (Å²) in [6, 6.07) is 17.3. The number of hydrogen-bond donors (Lipinski definition) is 2. The molecule has 0 unspecified atom stereocenters. The number of nitrogens with one attached hydrogen (secondary N) is 1. The molecule has 18 heavy (non-hydrogen) atoms. The molecular weight excluding hydrogens is 224 g/mol. The van der Waals surface area contributed by atoms with E-state index in [0.717, 1.165) is 16.9 Å². The molecule has 0 aliphatic rings. The highest BCUT2D eigenvalue weighted by Gasteiger charge is 1.93. The smallest absolute Gasteiger partial charge is 0.293 e. The van der Waals surface area contributed by atoms with E-state index in [1.165, 1.54) is 0 Å². The van der Waals surface area contributed by atoms with Crippen LogP contribution in [0.25, 0.3) is 0 Å². The highest BCUT2D eigenvalue weighted by atomic mass is 16.1. The second-order valence-electron chi connectivity index (χ2n) is 3.68. The van der Waals surface area contributed by atoms with E-state index in [9.17, 15) is 4.79 Å². The predicted molar refractivity (Wildman–Crippen MR) is 72.2 cm³/mol. The highest BCUT2D eigenvalue weighted by molar-refractivity contribution is 5.92. The lowest BCUT2D eigenvalue weighted by molar-refractivity contribution is -0.112. The minimum absolute atomic E-state index is 0.624. The molecule has 2 rings (SSSR count). The Morgan fingerprint density at radius 3 is 2.17 bits per heavy atom. The number of nitrogens with two attached hydrogens (primary N) is 1. The average Bonchev–Trinajstić information content (AvgIpc) is 2.39. The average molecular weight is 236 g/mol. The molecule has 0 fully saturated rings.